The van der Waals surface area contributed by atoms with Crippen LogP contribution in [0.1, 0.15) is 23.7 Å². The van der Waals surface area contributed by atoms with Gasteiger partial charge in [0.25, 0.3) is 5.91 Å². The standard InChI is InChI=1S/C11H14F2N2O.ClH/c1-7(14)4-5-15-11(16)9-6-8(12)2-3-10(9)13;/h2-3,6-7H,4-5,14H2,1H3,(H,15,16);1H. The molecule has 0 aromatic heterocycles. The second kappa shape index (κ2) is 7.19. The van der Waals surface area contributed by atoms with Crippen LogP contribution in [0.2, 0.25) is 0 Å². The summed E-state index contributed by atoms with van der Waals surface area (Å²) in [6, 6.07) is 2.72. The molecular formula is C11H15ClF2N2O. The number of hydrogen-bond acceptors (Lipinski definition) is 2. The Hall–Kier alpha value is -1.20. The summed E-state index contributed by atoms with van der Waals surface area (Å²) in [4.78, 5) is 11.4. The number of nitrogens with one attached hydrogen (secondary N) is 1. The summed E-state index contributed by atoms with van der Waals surface area (Å²) in [5, 5.41) is 2.47. The lowest BCUT2D eigenvalue weighted by Gasteiger charge is -2.07. The first-order chi connectivity index (χ1) is 7.50. The van der Waals surface area contributed by atoms with Crippen LogP contribution in [0.3, 0.4) is 0 Å². The lowest BCUT2D eigenvalue weighted by molar-refractivity contribution is 0.0948. The zero-order chi connectivity index (χ0) is 12.1. The fourth-order valence-electron chi connectivity index (χ4n) is 1.18. The number of amides is 1. The molecule has 1 atom stereocenters. The number of hydrogen-bond donors (Lipinski definition) is 2. The van der Waals surface area contributed by atoms with Gasteiger partial charge in [-0.05, 0) is 31.5 Å². The SMILES string of the molecule is CC(N)CCNC(=O)c1cc(F)ccc1F.Cl. The lowest BCUT2D eigenvalue weighted by Crippen LogP contribution is -2.29. The van der Waals surface area contributed by atoms with Crippen molar-refractivity contribution in [3.05, 3.63) is 35.4 Å². The molecule has 3 N–H and O–H groups in total. The average molecular weight is 265 g/mol. The zero-order valence-corrected chi connectivity index (χ0v) is 10.2. The molecule has 0 aliphatic heterocycles. The van der Waals surface area contributed by atoms with E-state index in [1.54, 1.807) is 6.92 Å². The van der Waals surface area contributed by atoms with E-state index in [0.717, 1.165) is 18.2 Å². The number of benzene rings is 1. The molecule has 0 radical (unpaired) electrons. The lowest BCUT2D eigenvalue weighted by atomic mass is 10.2. The van der Waals surface area contributed by atoms with Crippen molar-refractivity contribution >= 4 is 18.3 Å². The van der Waals surface area contributed by atoms with Crippen molar-refractivity contribution in [2.45, 2.75) is 19.4 Å². The van der Waals surface area contributed by atoms with Crippen LogP contribution in [-0.4, -0.2) is 18.5 Å². The first-order valence-corrected chi connectivity index (χ1v) is 4.99. The highest BCUT2D eigenvalue weighted by Crippen LogP contribution is 2.09. The molecule has 0 saturated carbocycles. The van der Waals surface area contributed by atoms with Gasteiger partial charge in [0, 0.05) is 12.6 Å². The summed E-state index contributed by atoms with van der Waals surface area (Å²) in [6.07, 6.45) is 0.586. The Balaban J connectivity index is 0.00000256. The summed E-state index contributed by atoms with van der Waals surface area (Å²) < 4.78 is 25.9. The van der Waals surface area contributed by atoms with Crippen molar-refractivity contribution in [1.82, 2.24) is 5.32 Å². The Morgan fingerprint density at radius 1 is 1.47 bits per heavy atom. The third-order valence-electron chi connectivity index (χ3n) is 2.06. The fraction of sp³-hybridized carbons (Fsp3) is 0.364. The van der Waals surface area contributed by atoms with E-state index < -0.39 is 17.5 Å². The van der Waals surface area contributed by atoms with Gasteiger partial charge in [-0.2, -0.15) is 0 Å². The van der Waals surface area contributed by atoms with Crippen LogP contribution in [0.15, 0.2) is 18.2 Å². The summed E-state index contributed by atoms with van der Waals surface area (Å²) in [6.45, 7) is 2.14. The molecular weight excluding hydrogens is 250 g/mol. The van der Waals surface area contributed by atoms with Crippen LogP contribution in [0.5, 0.6) is 0 Å². The molecule has 17 heavy (non-hydrogen) atoms. The highest BCUT2D eigenvalue weighted by molar-refractivity contribution is 5.94. The largest absolute Gasteiger partial charge is 0.352 e. The second-order valence-electron chi connectivity index (χ2n) is 3.65. The van der Waals surface area contributed by atoms with Crippen LogP contribution in [0, 0.1) is 11.6 Å². The molecule has 0 aliphatic rings. The molecule has 1 amide bonds. The molecule has 0 spiro atoms. The molecule has 6 heteroatoms. The van der Waals surface area contributed by atoms with E-state index in [1.165, 1.54) is 0 Å². The minimum atomic E-state index is -0.736. The molecule has 0 heterocycles. The van der Waals surface area contributed by atoms with Crippen LogP contribution in [0.25, 0.3) is 0 Å². The van der Waals surface area contributed by atoms with Crippen molar-refractivity contribution in [3.8, 4) is 0 Å². The Labute approximate surface area is 105 Å². The van der Waals surface area contributed by atoms with E-state index in [2.05, 4.69) is 5.32 Å². The predicted molar refractivity (Wildman–Crippen MR) is 64.2 cm³/mol. The molecule has 0 saturated heterocycles. The van der Waals surface area contributed by atoms with E-state index >= 15 is 0 Å². The van der Waals surface area contributed by atoms with E-state index in [0.29, 0.717) is 13.0 Å². The van der Waals surface area contributed by atoms with Gasteiger partial charge in [0.05, 0.1) is 5.56 Å². The molecule has 0 aliphatic carbocycles. The topological polar surface area (TPSA) is 55.1 Å². The van der Waals surface area contributed by atoms with Gasteiger partial charge in [0.2, 0.25) is 0 Å². The second-order valence-corrected chi connectivity index (χ2v) is 3.65. The van der Waals surface area contributed by atoms with Gasteiger partial charge in [-0.25, -0.2) is 8.78 Å². The Bertz CT molecular complexity index is 386. The molecule has 3 nitrogen and oxygen atoms in total. The molecule has 1 aromatic carbocycles. The maximum Gasteiger partial charge on any atom is 0.254 e. The van der Waals surface area contributed by atoms with Gasteiger partial charge < -0.3 is 11.1 Å². The smallest absolute Gasteiger partial charge is 0.254 e. The first kappa shape index (κ1) is 15.8. The van der Waals surface area contributed by atoms with Gasteiger partial charge in [0.1, 0.15) is 11.6 Å². The van der Waals surface area contributed by atoms with Gasteiger partial charge in [-0.15, -0.1) is 12.4 Å². The Kier molecular flexibility index (Phi) is 6.68. The number of nitrogens with two attached hydrogens (primary N) is 1. The van der Waals surface area contributed by atoms with Crippen LogP contribution < -0.4 is 11.1 Å². The third kappa shape index (κ3) is 5.10. The van der Waals surface area contributed by atoms with E-state index in [-0.39, 0.29) is 24.0 Å². The van der Waals surface area contributed by atoms with Gasteiger partial charge in [-0.1, -0.05) is 0 Å². The fourth-order valence-corrected chi connectivity index (χ4v) is 1.18. The number of carbonyl (C=O) groups is 1. The van der Waals surface area contributed by atoms with E-state index in [4.69, 9.17) is 5.73 Å². The van der Waals surface area contributed by atoms with Crippen molar-refractivity contribution in [2.24, 2.45) is 5.73 Å². The normalized spacial score (nSPS) is 11.5. The highest BCUT2D eigenvalue weighted by atomic mass is 35.5. The average Bonchev–Trinajstić information content (AvgIpc) is 2.21. The van der Waals surface area contributed by atoms with Crippen LogP contribution in [0.4, 0.5) is 8.78 Å². The minimum absolute atomic E-state index is 0. The van der Waals surface area contributed by atoms with Gasteiger partial charge in [-0.3, -0.25) is 4.79 Å². The molecule has 1 rings (SSSR count). The summed E-state index contributed by atoms with van der Waals surface area (Å²) in [5.74, 6) is -2.00. The maximum absolute atomic E-state index is 13.2. The van der Waals surface area contributed by atoms with Gasteiger partial charge in [0.15, 0.2) is 0 Å². The quantitative estimate of drug-likeness (QED) is 0.872. The highest BCUT2D eigenvalue weighted by Gasteiger charge is 2.12. The summed E-state index contributed by atoms with van der Waals surface area (Å²) in [7, 11) is 0. The first-order valence-electron chi connectivity index (χ1n) is 4.99. The molecule has 0 fully saturated rings. The number of carbonyl (C=O) groups excluding carboxylic acids is 1. The zero-order valence-electron chi connectivity index (χ0n) is 9.37. The third-order valence-corrected chi connectivity index (χ3v) is 2.06. The Morgan fingerprint density at radius 3 is 2.71 bits per heavy atom. The van der Waals surface area contributed by atoms with Crippen molar-refractivity contribution in [2.75, 3.05) is 6.54 Å². The number of rotatable bonds is 4. The number of halogens is 3. The Morgan fingerprint density at radius 2 is 2.12 bits per heavy atom. The summed E-state index contributed by atoms with van der Waals surface area (Å²) >= 11 is 0. The molecule has 1 unspecified atom stereocenters. The predicted octanol–water partition coefficient (Wildman–Crippen LogP) is 1.85. The summed E-state index contributed by atoms with van der Waals surface area (Å²) in [5.41, 5.74) is 5.20. The van der Waals surface area contributed by atoms with Crippen LogP contribution in [-0.2, 0) is 0 Å². The molecule has 96 valence electrons. The van der Waals surface area contributed by atoms with Crippen molar-refractivity contribution in [3.63, 3.8) is 0 Å². The molecule has 1 aromatic rings. The van der Waals surface area contributed by atoms with E-state index in [9.17, 15) is 13.6 Å². The van der Waals surface area contributed by atoms with Crippen molar-refractivity contribution in [1.29, 1.82) is 0 Å². The van der Waals surface area contributed by atoms with E-state index in [1.807, 2.05) is 0 Å². The minimum Gasteiger partial charge on any atom is -0.352 e. The van der Waals surface area contributed by atoms with Gasteiger partial charge >= 0.3 is 0 Å². The van der Waals surface area contributed by atoms with Crippen LogP contribution >= 0.6 is 12.4 Å². The maximum atomic E-state index is 13.2. The monoisotopic (exact) mass is 264 g/mol. The van der Waals surface area contributed by atoms with Crippen molar-refractivity contribution < 1.29 is 13.6 Å². The molecule has 0 bridgehead atoms.